The molecule has 1 atom stereocenters. The van der Waals surface area contributed by atoms with Gasteiger partial charge in [-0.05, 0) is 63.1 Å². The maximum absolute atomic E-state index is 12.8. The largest absolute Gasteiger partial charge is 0.497 e. The average Bonchev–Trinajstić information content (AvgIpc) is 2.79. The number of piperidine rings is 1. The number of fused-ring (bicyclic) bond motifs is 1. The maximum Gasteiger partial charge on any atom is 0.225 e. The highest BCUT2D eigenvalue weighted by Gasteiger charge is 2.34. The zero-order valence-corrected chi connectivity index (χ0v) is 19.3. The summed E-state index contributed by atoms with van der Waals surface area (Å²) in [4.78, 5) is 27.4. The van der Waals surface area contributed by atoms with Crippen LogP contribution in [-0.2, 0) is 17.8 Å². The van der Waals surface area contributed by atoms with E-state index >= 15 is 0 Å². The van der Waals surface area contributed by atoms with Gasteiger partial charge in [0.1, 0.15) is 17.4 Å². The number of aryl methyl sites for hydroxylation is 1. The van der Waals surface area contributed by atoms with Crippen LogP contribution in [0.25, 0.3) is 0 Å². The molecule has 1 aliphatic carbocycles. The van der Waals surface area contributed by atoms with Gasteiger partial charge in [0, 0.05) is 49.3 Å². The Balaban J connectivity index is 1.37. The molecule has 1 aromatic heterocycles. The van der Waals surface area contributed by atoms with Crippen LogP contribution in [0.4, 0.5) is 5.82 Å². The Kier molecular flexibility index (Phi) is 6.03. The molecule has 2 fully saturated rings. The van der Waals surface area contributed by atoms with Crippen molar-refractivity contribution in [3.63, 3.8) is 0 Å². The van der Waals surface area contributed by atoms with Crippen LogP contribution >= 0.6 is 0 Å². The molecule has 32 heavy (non-hydrogen) atoms. The number of anilines is 1. The first kappa shape index (κ1) is 21.2. The molecule has 6 nitrogen and oxygen atoms in total. The van der Waals surface area contributed by atoms with Crippen molar-refractivity contribution in [1.29, 1.82) is 0 Å². The van der Waals surface area contributed by atoms with E-state index in [0.717, 1.165) is 87.8 Å². The minimum atomic E-state index is 0.238. The molecule has 2 aromatic rings. The van der Waals surface area contributed by atoms with Crippen LogP contribution in [0.15, 0.2) is 24.3 Å². The van der Waals surface area contributed by atoms with E-state index < -0.39 is 0 Å². The van der Waals surface area contributed by atoms with Crippen molar-refractivity contribution < 1.29 is 9.53 Å². The molecule has 1 saturated heterocycles. The number of benzene rings is 1. The Labute approximate surface area is 191 Å². The summed E-state index contributed by atoms with van der Waals surface area (Å²) in [6.45, 7) is 5.63. The lowest BCUT2D eigenvalue weighted by Gasteiger charge is -2.37. The fraction of sp³-hybridized carbons (Fsp3) is 0.577. The Bertz CT molecular complexity index is 971. The summed E-state index contributed by atoms with van der Waals surface area (Å²) in [6.07, 6.45) is 7.59. The van der Waals surface area contributed by atoms with E-state index in [0.29, 0.717) is 5.91 Å². The van der Waals surface area contributed by atoms with Gasteiger partial charge in [0.15, 0.2) is 0 Å². The smallest absolute Gasteiger partial charge is 0.225 e. The van der Waals surface area contributed by atoms with Crippen LogP contribution in [0.1, 0.15) is 67.1 Å². The van der Waals surface area contributed by atoms with Gasteiger partial charge in [-0.1, -0.05) is 18.6 Å². The third-order valence-electron chi connectivity index (χ3n) is 7.45. The van der Waals surface area contributed by atoms with Crippen LogP contribution in [0, 0.1) is 12.8 Å². The molecular formula is C26H34N4O2. The first-order chi connectivity index (χ1) is 15.6. The van der Waals surface area contributed by atoms with Crippen LogP contribution in [0.5, 0.6) is 5.75 Å². The Morgan fingerprint density at radius 2 is 1.88 bits per heavy atom. The zero-order valence-electron chi connectivity index (χ0n) is 19.3. The van der Waals surface area contributed by atoms with Crippen molar-refractivity contribution in [2.45, 2.75) is 64.3 Å². The monoisotopic (exact) mass is 434 g/mol. The highest BCUT2D eigenvalue weighted by molar-refractivity contribution is 5.79. The van der Waals surface area contributed by atoms with Gasteiger partial charge in [0.05, 0.1) is 7.11 Å². The lowest BCUT2D eigenvalue weighted by molar-refractivity contribution is -0.139. The fourth-order valence-corrected chi connectivity index (χ4v) is 5.30. The van der Waals surface area contributed by atoms with E-state index in [1.807, 2.05) is 12.1 Å². The number of likely N-dealkylation sites (tertiary alicyclic amines) is 1. The summed E-state index contributed by atoms with van der Waals surface area (Å²) < 4.78 is 5.30. The molecule has 3 heterocycles. The van der Waals surface area contributed by atoms with E-state index in [-0.39, 0.29) is 11.8 Å². The molecule has 1 amide bonds. The summed E-state index contributed by atoms with van der Waals surface area (Å²) in [6, 6.07) is 8.31. The standard InChI is InChI=1S/C26H34N4O2/c1-18-23-9-5-14-29(16-19-10-12-22(32-2)13-11-19)25(23)28-24(27-18)21-8-4-15-30(17-21)26(31)20-6-3-7-20/h10-13,20-21H,3-9,14-17H2,1-2H3. The van der Waals surface area contributed by atoms with Crippen molar-refractivity contribution >= 4 is 11.7 Å². The predicted molar refractivity (Wildman–Crippen MR) is 125 cm³/mol. The van der Waals surface area contributed by atoms with Gasteiger partial charge in [-0.25, -0.2) is 9.97 Å². The number of carbonyl (C=O) groups is 1. The molecule has 5 rings (SSSR count). The highest BCUT2D eigenvalue weighted by Crippen LogP contribution is 2.34. The van der Waals surface area contributed by atoms with Crippen LogP contribution in [0.3, 0.4) is 0 Å². The van der Waals surface area contributed by atoms with Gasteiger partial charge in [-0.3, -0.25) is 4.79 Å². The summed E-state index contributed by atoms with van der Waals surface area (Å²) in [5.41, 5.74) is 3.64. The van der Waals surface area contributed by atoms with Gasteiger partial charge >= 0.3 is 0 Å². The number of ether oxygens (including phenoxy) is 1. The molecule has 1 saturated carbocycles. The summed E-state index contributed by atoms with van der Waals surface area (Å²) in [7, 11) is 1.70. The molecule has 0 spiro atoms. The van der Waals surface area contributed by atoms with E-state index in [1.165, 1.54) is 17.5 Å². The van der Waals surface area contributed by atoms with Crippen LogP contribution in [-0.4, -0.2) is 47.5 Å². The summed E-state index contributed by atoms with van der Waals surface area (Å²) >= 11 is 0. The molecule has 1 aromatic carbocycles. The number of hydrogen-bond acceptors (Lipinski definition) is 5. The number of methoxy groups -OCH3 is 1. The molecule has 6 heteroatoms. The quantitative estimate of drug-likeness (QED) is 0.704. The summed E-state index contributed by atoms with van der Waals surface area (Å²) in [5, 5.41) is 0. The van der Waals surface area contributed by atoms with Crippen molar-refractivity contribution in [3.8, 4) is 5.75 Å². The maximum atomic E-state index is 12.8. The number of rotatable bonds is 5. The average molecular weight is 435 g/mol. The minimum Gasteiger partial charge on any atom is -0.497 e. The van der Waals surface area contributed by atoms with Crippen molar-refractivity contribution in [1.82, 2.24) is 14.9 Å². The molecule has 0 bridgehead atoms. The van der Waals surface area contributed by atoms with Crippen molar-refractivity contribution in [2.24, 2.45) is 5.92 Å². The normalized spacial score (nSPS) is 21.1. The predicted octanol–water partition coefficient (Wildman–Crippen LogP) is 4.25. The first-order valence-corrected chi connectivity index (χ1v) is 12.2. The van der Waals surface area contributed by atoms with E-state index in [1.54, 1.807) is 7.11 Å². The number of aromatic nitrogens is 2. The lowest BCUT2D eigenvalue weighted by Crippen LogP contribution is -2.44. The lowest BCUT2D eigenvalue weighted by atomic mass is 9.83. The molecule has 3 aliphatic rings. The summed E-state index contributed by atoms with van der Waals surface area (Å²) in [5.74, 6) is 3.76. The number of hydrogen-bond donors (Lipinski definition) is 0. The molecule has 170 valence electrons. The molecule has 2 aliphatic heterocycles. The topological polar surface area (TPSA) is 58.6 Å². The highest BCUT2D eigenvalue weighted by atomic mass is 16.5. The van der Waals surface area contributed by atoms with Crippen LogP contribution < -0.4 is 9.64 Å². The fourth-order valence-electron chi connectivity index (χ4n) is 5.30. The minimum absolute atomic E-state index is 0.238. The van der Waals surface area contributed by atoms with E-state index in [4.69, 9.17) is 14.7 Å². The van der Waals surface area contributed by atoms with Gasteiger partial charge in [-0.15, -0.1) is 0 Å². The molecular weight excluding hydrogens is 400 g/mol. The molecule has 0 N–H and O–H groups in total. The third kappa shape index (κ3) is 4.19. The molecule has 0 radical (unpaired) electrons. The van der Waals surface area contributed by atoms with E-state index in [9.17, 15) is 4.79 Å². The van der Waals surface area contributed by atoms with Gasteiger partial charge < -0.3 is 14.5 Å². The number of amides is 1. The van der Waals surface area contributed by atoms with Gasteiger partial charge in [0.2, 0.25) is 5.91 Å². The Hall–Kier alpha value is -2.63. The van der Waals surface area contributed by atoms with Gasteiger partial charge in [-0.2, -0.15) is 0 Å². The first-order valence-electron chi connectivity index (χ1n) is 12.2. The van der Waals surface area contributed by atoms with Crippen LogP contribution in [0.2, 0.25) is 0 Å². The second-order valence-electron chi connectivity index (χ2n) is 9.59. The van der Waals surface area contributed by atoms with Gasteiger partial charge in [0.25, 0.3) is 0 Å². The SMILES string of the molecule is COc1ccc(CN2CCCc3c(C)nc(C4CCCN(C(=O)C5CCC5)C4)nc32)cc1. The van der Waals surface area contributed by atoms with Crippen molar-refractivity contribution in [2.75, 3.05) is 31.6 Å². The third-order valence-corrected chi connectivity index (χ3v) is 7.45. The zero-order chi connectivity index (χ0) is 22.1. The Morgan fingerprint density at radius 3 is 2.59 bits per heavy atom. The molecule has 1 unspecified atom stereocenters. The number of carbonyl (C=O) groups excluding carboxylic acids is 1. The second kappa shape index (κ2) is 9.08. The number of nitrogens with zero attached hydrogens (tertiary/aromatic N) is 4. The Morgan fingerprint density at radius 1 is 1.06 bits per heavy atom. The van der Waals surface area contributed by atoms with Crippen molar-refractivity contribution in [3.05, 3.63) is 46.9 Å². The second-order valence-corrected chi connectivity index (χ2v) is 9.59. The van der Waals surface area contributed by atoms with E-state index in [2.05, 4.69) is 28.9 Å².